The van der Waals surface area contributed by atoms with Gasteiger partial charge in [-0.05, 0) is 43.7 Å². The third kappa shape index (κ3) is 3.08. The second-order valence-corrected chi connectivity index (χ2v) is 5.65. The van der Waals surface area contributed by atoms with Crippen LogP contribution in [0, 0.1) is 0 Å². The molecule has 0 aliphatic rings. The van der Waals surface area contributed by atoms with Crippen molar-refractivity contribution in [1.82, 2.24) is 15.2 Å². The molecule has 0 radical (unpaired) electrons. The van der Waals surface area contributed by atoms with Gasteiger partial charge < -0.3 is 4.90 Å². The van der Waals surface area contributed by atoms with Crippen molar-refractivity contribution < 1.29 is 0 Å². The number of rotatable bonds is 5. The monoisotopic (exact) mass is 326 g/mol. The molecule has 3 aromatic rings. The molecule has 5 heteroatoms. The van der Waals surface area contributed by atoms with Crippen molar-refractivity contribution >= 4 is 17.4 Å². The van der Waals surface area contributed by atoms with E-state index in [1.165, 1.54) is 0 Å². The van der Waals surface area contributed by atoms with Crippen LogP contribution in [0.15, 0.2) is 48.8 Å². The van der Waals surface area contributed by atoms with Crippen molar-refractivity contribution in [1.29, 1.82) is 0 Å². The fourth-order valence-corrected chi connectivity index (χ4v) is 2.83. The topological polar surface area (TPSA) is 44.8 Å². The minimum absolute atomic E-state index is 0.725. The summed E-state index contributed by atoms with van der Waals surface area (Å²) in [6, 6.07) is 11.8. The molecular formula is C18H19ClN4. The minimum Gasteiger partial charge on any atom is -0.355 e. The molecule has 0 atom stereocenters. The third-order valence-electron chi connectivity index (χ3n) is 3.91. The molecule has 4 nitrogen and oxygen atoms in total. The molecule has 1 N–H and O–H groups in total. The van der Waals surface area contributed by atoms with Gasteiger partial charge in [0.1, 0.15) is 0 Å². The molecule has 0 bridgehead atoms. The molecule has 0 amide bonds. The van der Waals surface area contributed by atoms with Crippen LogP contribution in [0.1, 0.15) is 13.8 Å². The van der Waals surface area contributed by atoms with E-state index in [4.69, 9.17) is 11.6 Å². The van der Waals surface area contributed by atoms with Crippen LogP contribution in [0.2, 0.25) is 5.02 Å². The molecule has 1 aromatic carbocycles. The predicted molar refractivity (Wildman–Crippen MR) is 95.8 cm³/mol. The average Bonchev–Trinajstić information content (AvgIpc) is 3.02. The van der Waals surface area contributed by atoms with Crippen molar-refractivity contribution in [2.24, 2.45) is 0 Å². The largest absolute Gasteiger partial charge is 0.355 e. The number of halogens is 1. The molecule has 23 heavy (non-hydrogen) atoms. The first-order chi connectivity index (χ1) is 11.2. The van der Waals surface area contributed by atoms with E-state index in [2.05, 4.69) is 33.9 Å². The van der Waals surface area contributed by atoms with E-state index < -0.39 is 0 Å². The van der Waals surface area contributed by atoms with Gasteiger partial charge >= 0.3 is 0 Å². The van der Waals surface area contributed by atoms with Crippen molar-refractivity contribution in [2.75, 3.05) is 18.0 Å². The molecule has 2 aromatic heterocycles. The first-order valence-corrected chi connectivity index (χ1v) is 8.12. The summed E-state index contributed by atoms with van der Waals surface area (Å²) in [4.78, 5) is 6.36. The van der Waals surface area contributed by atoms with Gasteiger partial charge in [-0.2, -0.15) is 5.10 Å². The fourth-order valence-electron chi connectivity index (χ4n) is 2.70. The van der Waals surface area contributed by atoms with E-state index in [1.54, 1.807) is 12.4 Å². The van der Waals surface area contributed by atoms with E-state index in [-0.39, 0.29) is 0 Å². The Hall–Kier alpha value is -2.33. The number of anilines is 1. The maximum Gasteiger partial charge on any atom is 0.158 e. The first-order valence-electron chi connectivity index (χ1n) is 7.74. The van der Waals surface area contributed by atoms with E-state index in [0.717, 1.165) is 46.3 Å². The van der Waals surface area contributed by atoms with E-state index in [9.17, 15) is 0 Å². The third-order valence-corrected chi connectivity index (χ3v) is 4.16. The van der Waals surface area contributed by atoms with Gasteiger partial charge in [-0.3, -0.25) is 10.1 Å². The molecule has 3 rings (SSSR count). The van der Waals surface area contributed by atoms with Gasteiger partial charge in [-0.15, -0.1) is 0 Å². The molecule has 118 valence electrons. The zero-order valence-corrected chi connectivity index (χ0v) is 14.0. The maximum atomic E-state index is 6.01. The number of aromatic amines is 1. The summed E-state index contributed by atoms with van der Waals surface area (Å²) >= 11 is 6.01. The van der Waals surface area contributed by atoms with Crippen molar-refractivity contribution in [3.63, 3.8) is 0 Å². The summed E-state index contributed by atoms with van der Waals surface area (Å²) in [7, 11) is 0. The zero-order valence-electron chi connectivity index (χ0n) is 13.3. The highest BCUT2D eigenvalue weighted by atomic mass is 35.5. The Labute approximate surface area is 141 Å². The summed E-state index contributed by atoms with van der Waals surface area (Å²) < 4.78 is 0. The van der Waals surface area contributed by atoms with Gasteiger partial charge in [0.05, 0.1) is 11.3 Å². The van der Waals surface area contributed by atoms with E-state index in [0.29, 0.717) is 0 Å². The summed E-state index contributed by atoms with van der Waals surface area (Å²) in [5, 5.41) is 8.51. The quantitative estimate of drug-likeness (QED) is 0.743. The number of benzene rings is 1. The second kappa shape index (κ2) is 6.84. The summed E-state index contributed by atoms with van der Waals surface area (Å²) in [5.74, 6) is 0.964. The molecule has 0 aliphatic carbocycles. The van der Waals surface area contributed by atoms with Crippen LogP contribution in [0.5, 0.6) is 0 Å². The SMILES string of the molecule is CCN(CC)c1n[nH]c(-c2ccc(Cl)cc2)c1-c1ccncc1. The Morgan fingerprint density at radius 3 is 2.22 bits per heavy atom. The lowest BCUT2D eigenvalue weighted by molar-refractivity contribution is 0.840. The van der Waals surface area contributed by atoms with Crippen LogP contribution < -0.4 is 4.90 Å². The Morgan fingerprint density at radius 2 is 1.61 bits per heavy atom. The smallest absolute Gasteiger partial charge is 0.158 e. The first kappa shape index (κ1) is 15.6. The normalized spacial score (nSPS) is 10.7. The van der Waals surface area contributed by atoms with Gasteiger partial charge in [-0.1, -0.05) is 23.7 Å². The highest BCUT2D eigenvalue weighted by molar-refractivity contribution is 6.30. The van der Waals surface area contributed by atoms with E-state index >= 15 is 0 Å². The zero-order chi connectivity index (χ0) is 16.2. The molecule has 0 fully saturated rings. The Kier molecular flexibility index (Phi) is 4.63. The van der Waals surface area contributed by atoms with Crippen molar-refractivity contribution in [2.45, 2.75) is 13.8 Å². The summed E-state index contributed by atoms with van der Waals surface area (Å²) in [5.41, 5.74) is 4.25. The van der Waals surface area contributed by atoms with Crippen LogP contribution in [-0.2, 0) is 0 Å². The number of aromatic nitrogens is 3. The lowest BCUT2D eigenvalue weighted by Gasteiger charge is -2.20. The van der Waals surface area contributed by atoms with Crippen molar-refractivity contribution in [3.05, 3.63) is 53.8 Å². The second-order valence-electron chi connectivity index (χ2n) is 5.21. The molecule has 0 aliphatic heterocycles. The van der Waals surface area contributed by atoms with Gasteiger partial charge in [0.15, 0.2) is 5.82 Å². The van der Waals surface area contributed by atoms with Gasteiger partial charge in [0.25, 0.3) is 0 Å². The highest BCUT2D eigenvalue weighted by Crippen LogP contribution is 2.37. The number of hydrogen-bond donors (Lipinski definition) is 1. The van der Waals surface area contributed by atoms with Crippen LogP contribution >= 0.6 is 11.6 Å². The maximum absolute atomic E-state index is 6.01. The predicted octanol–water partition coefficient (Wildman–Crippen LogP) is 4.64. The lowest BCUT2D eigenvalue weighted by Crippen LogP contribution is -2.22. The van der Waals surface area contributed by atoms with Gasteiger partial charge in [-0.25, -0.2) is 0 Å². The molecule has 2 heterocycles. The molecular weight excluding hydrogens is 308 g/mol. The molecule has 0 unspecified atom stereocenters. The van der Waals surface area contributed by atoms with Crippen molar-refractivity contribution in [3.8, 4) is 22.4 Å². The van der Waals surface area contributed by atoms with Crippen LogP contribution in [0.25, 0.3) is 22.4 Å². The number of pyridine rings is 1. The Bertz CT molecular complexity index is 761. The minimum atomic E-state index is 0.725. The number of hydrogen-bond acceptors (Lipinski definition) is 3. The lowest BCUT2D eigenvalue weighted by atomic mass is 10.0. The molecule has 0 spiro atoms. The van der Waals surface area contributed by atoms with Gasteiger partial charge in [0, 0.05) is 36.1 Å². The van der Waals surface area contributed by atoms with Crippen LogP contribution in [0.4, 0.5) is 5.82 Å². The van der Waals surface area contributed by atoms with E-state index in [1.807, 2.05) is 36.4 Å². The Morgan fingerprint density at radius 1 is 0.957 bits per heavy atom. The average molecular weight is 327 g/mol. The summed E-state index contributed by atoms with van der Waals surface area (Å²) in [6.07, 6.45) is 3.61. The standard InChI is InChI=1S/C18H19ClN4/c1-3-23(4-2)18-16(13-9-11-20-12-10-13)17(21-22-18)14-5-7-15(19)8-6-14/h5-12H,3-4H2,1-2H3,(H,21,22). The number of nitrogens with zero attached hydrogens (tertiary/aromatic N) is 3. The van der Waals surface area contributed by atoms with Crippen LogP contribution in [-0.4, -0.2) is 28.3 Å². The van der Waals surface area contributed by atoms with Crippen LogP contribution in [0.3, 0.4) is 0 Å². The Balaban J connectivity index is 2.19. The van der Waals surface area contributed by atoms with Gasteiger partial charge in [0.2, 0.25) is 0 Å². The molecule has 0 saturated heterocycles. The summed E-state index contributed by atoms with van der Waals surface area (Å²) in [6.45, 7) is 6.08. The highest BCUT2D eigenvalue weighted by Gasteiger charge is 2.19. The number of nitrogens with one attached hydrogen (secondary N) is 1. The fraction of sp³-hybridized carbons (Fsp3) is 0.222. The molecule has 0 saturated carbocycles. The number of H-pyrrole nitrogens is 1.